The molecule has 0 saturated carbocycles. The van der Waals surface area contributed by atoms with Crippen LogP contribution in [0.1, 0.15) is 40.5 Å². The van der Waals surface area contributed by atoms with Crippen molar-refractivity contribution in [1.29, 1.82) is 0 Å². The lowest BCUT2D eigenvalue weighted by Gasteiger charge is -2.47. The summed E-state index contributed by atoms with van der Waals surface area (Å²) < 4.78 is 33.8. The molecule has 0 radical (unpaired) electrons. The van der Waals surface area contributed by atoms with Crippen molar-refractivity contribution >= 4 is 34.4 Å². The van der Waals surface area contributed by atoms with Gasteiger partial charge in [-0.25, -0.2) is 18.6 Å². The number of anilines is 1. The number of amides is 1. The number of ether oxygens (including phenoxy) is 1. The predicted molar refractivity (Wildman–Crippen MR) is 106 cm³/mol. The van der Waals surface area contributed by atoms with Crippen LogP contribution < -0.4 is 4.90 Å². The molecule has 1 amide bonds. The maximum atomic E-state index is 14.3. The van der Waals surface area contributed by atoms with Crippen molar-refractivity contribution in [2.45, 2.75) is 57.7 Å². The van der Waals surface area contributed by atoms with Gasteiger partial charge >= 0.3 is 6.09 Å². The zero-order chi connectivity index (χ0) is 21.1. The van der Waals surface area contributed by atoms with Crippen molar-refractivity contribution in [1.82, 2.24) is 14.9 Å². The number of nitrogens with zero attached hydrogens (tertiary/aromatic N) is 4. The first kappa shape index (κ1) is 20.1. The molecule has 4 rings (SSSR count). The number of carbonyl (C=O) groups excluding carboxylic acids is 1. The van der Waals surface area contributed by atoms with Crippen LogP contribution in [0.5, 0.6) is 0 Å². The van der Waals surface area contributed by atoms with Crippen LogP contribution in [0.4, 0.5) is 19.4 Å². The van der Waals surface area contributed by atoms with Crippen molar-refractivity contribution in [3.63, 3.8) is 0 Å². The number of aromatic nitrogens is 2. The van der Waals surface area contributed by atoms with Crippen molar-refractivity contribution in [3.05, 3.63) is 29.1 Å². The molecule has 156 valence electrons. The van der Waals surface area contributed by atoms with Crippen LogP contribution in [-0.4, -0.2) is 51.2 Å². The van der Waals surface area contributed by atoms with E-state index in [0.29, 0.717) is 18.9 Å². The van der Waals surface area contributed by atoms with Crippen LogP contribution in [0.2, 0.25) is 5.28 Å². The topological polar surface area (TPSA) is 58.6 Å². The summed E-state index contributed by atoms with van der Waals surface area (Å²) in [7, 11) is 0. The molecule has 1 aromatic carbocycles. The Bertz CT molecular complexity index is 997. The molecule has 0 spiro atoms. The fraction of sp³-hybridized carbons (Fsp3) is 0.550. The van der Waals surface area contributed by atoms with Gasteiger partial charge in [-0.2, -0.15) is 4.98 Å². The minimum atomic E-state index is -0.785. The fourth-order valence-corrected chi connectivity index (χ4v) is 4.59. The summed E-state index contributed by atoms with van der Waals surface area (Å²) in [4.78, 5) is 24.8. The minimum absolute atomic E-state index is 0.0199. The second kappa shape index (κ2) is 6.65. The van der Waals surface area contributed by atoms with E-state index in [-0.39, 0.29) is 28.3 Å². The summed E-state index contributed by atoms with van der Waals surface area (Å²) in [6, 6.07) is 1.90. The Morgan fingerprint density at radius 3 is 2.69 bits per heavy atom. The van der Waals surface area contributed by atoms with Gasteiger partial charge in [0.2, 0.25) is 5.28 Å². The van der Waals surface area contributed by atoms with Gasteiger partial charge in [-0.3, -0.25) is 4.90 Å². The molecule has 0 unspecified atom stereocenters. The summed E-state index contributed by atoms with van der Waals surface area (Å²) >= 11 is 6.04. The van der Waals surface area contributed by atoms with E-state index in [9.17, 15) is 13.6 Å². The van der Waals surface area contributed by atoms with Crippen molar-refractivity contribution < 1.29 is 18.3 Å². The van der Waals surface area contributed by atoms with Crippen molar-refractivity contribution in [2.75, 3.05) is 18.0 Å². The molecule has 3 heterocycles. The first-order valence-electron chi connectivity index (χ1n) is 9.56. The highest BCUT2D eigenvalue weighted by atomic mass is 35.5. The quantitative estimate of drug-likeness (QED) is 0.629. The number of hydrogen-bond donors (Lipinski definition) is 0. The first-order chi connectivity index (χ1) is 13.5. The number of hydrogen-bond acceptors (Lipinski definition) is 5. The Labute approximate surface area is 172 Å². The normalized spacial score (nSPS) is 24.3. The summed E-state index contributed by atoms with van der Waals surface area (Å²) in [5.41, 5.74) is -1.09. The van der Waals surface area contributed by atoms with Crippen LogP contribution in [0, 0.1) is 11.6 Å². The lowest BCUT2D eigenvalue weighted by Crippen LogP contribution is -2.63. The second-order valence-electron chi connectivity index (χ2n) is 9.02. The average Bonchev–Trinajstić information content (AvgIpc) is 2.79. The van der Waals surface area contributed by atoms with Crippen LogP contribution in [0.15, 0.2) is 12.1 Å². The molecule has 2 atom stereocenters. The highest BCUT2D eigenvalue weighted by Gasteiger charge is 2.52. The van der Waals surface area contributed by atoms with Gasteiger partial charge in [-0.1, -0.05) is 0 Å². The Morgan fingerprint density at radius 1 is 1.31 bits per heavy atom. The van der Waals surface area contributed by atoms with Crippen LogP contribution in [-0.2, 0) is 4.74 Å². The Hall–Kier alpha value is -2.22. The number of fused-ring (bicyclic) bond motifs is 3. The van der Waals surface area contributed by atoms with E-state index < -0.39 is 22.8 Å². The van der Waals surface area contributed by atoms with Gasteiger partial charge in [0.05, 0.1) is 11.6 Å². The van der Waals surface area contributed by atoms with E-state index >= 15 is 0 Å². The molecule has 2 bridgehead atoms. The van der Waals surface area contributed by atoms with Gasteiger partial charge < -0.3 is 9.64 Å². The zero-order valence-electron chi connectivity index (χ0n) is 16.8. The highest BCUT2D eigenvalue weighted by molar-refractivity contribution is 6.28. The molecule has 9 heteroatoms. The van der Waals surface area contributed by atoms with Gasteiger partial charge in [0.15, 0.2) is 5.82 Å². The second-order valence-corrected chi connectivity index (χ2v) is 9.36. The van der Waals surface area contributed by atoms with E-state index in [1.807, 2.05) is 32.6 Å². The molecule has 0 N–H and O–H groups in total. The Balaban J connectivity index is 1.71. The molecular formula is C20H23ClF2N4O2. The zero-order valence-corrected chi connectivity index (χ0v) is 17.6. The Morgan fingerprint density at radius 2 is 2.03 bits per heavy atom. The first-order valence-corrected chi connectivity index (χ1v) is 9.94. The molecule has 2 saturated heterocycles. The molecule has 2 aliphatic heterocycles. The van der Waals surface area contributed by atoms with E-state index in [1.54, 1.807) is 4.90 Å². The summed E-state index contributed by atoms with van der Waals surface area (Å²) in [6.45, 7) is 8.42. The van der Waals surface area contributed by atoms with Gasteiger partial charge in [-0.05, 0) is 58.2 Å². The third-order valence-electron chi connectivity index (χ3n) is 5.49. The maximum absolute atomic E-state index is 14.3. The molecule has 29 heavy (non-hydrogen) atoms. The van der Waals surface area contributed by atoms with Crippen LogP contribution in [0.3, 0.4) is 0 Å². The SMILES string of the molecule is CC(C)(C)OC(=O)N1[C@@H]2CC[C@]1(C)CN(c1nc(Cl)nc3c(F)cc(F)cc13)C2. The third kappa shape index (κ3) is 3.58. The lowest BCUT2D eigenvalue weighted by molar-refractivity contribution is -0.00278. The number of rotatable bonds is 1. The van der Waals surface area contributed by atoms with Crippen LogP contribution >= 0.6 is 11.6 Å². The smallest absolute Gasteiger partial charge is 0.411 e. The summed E-state index contributed by atoms with van der Waals surface area (Å²) in [5.74, 6) is -1.11. The minimum Gasteiger partial charge on any atom is -0.444 e. The average molecular weight is 425 g/mol. The van der Waals surface area contributed by atoms with E-state index in [1.165, 1.54) is 6.07 Å². The predicted octanol–water partition coefficient (Wildman–Crippen LogP) is 4.54. The fourth-order valence-electron chi connectivity index (χ4n) is 4.42. The molecule has 6 nitrogen and oxygen atoms in total. The lowest BCUT2D eigenvalue weighted by atomic mass is 9.97. The number of piperazine rings is 1. The number of benzene rings is 1. The van der Waals surface area contributed by atoms with E-state index in [4.69, 9.17) is 16.3 Å². The van der Waals surface area contributed by atoms with E-state index in [2.05, 4.69) is 9.97 Å². The van der Waals surface area contributed by atoms with Gasteiger partial charge in [-0.15, -0.1) is 0 Å². The van der Waals surface area contributed by atoms with Gasteiger partial charge in [0.1, 0.15) is 22.8 Å². The third-order valence-corrected chi connectivity index (χ3v) is 5.66. The molecule has 2 aliphatic rings. The molecule has 2 aromatic rings. The number of carbonyl (C=O) groups is 1. The summed E-state index contributed by atoms with van der Waals surface area (Å²) in [5, 5.41) is 0.158. The van der Waals surface area contributed by atoms with Gasteiger partial charge in [0.25, 0.3) is 0 Å². The standard InChI is InChI=1S/C20H23ClF2N4O2/c1-19(2,3)29-18(28)27-12-5-6-20(27,4)10-26(9-12)16-13-7-11(22)8-14(23)15(13)24-17(21)25-16/h7-8,12H,5-6,9-10H2,1-4H3/t12-,20-/m1/s1. The Kier molecular flexibility index (Phi) is 4.60. The molecule has 1 aromatic heterocycles. The molecule has 0 aliphatic carbocycles. The molecule has 2 fully saturated rings. The van der Waals surface area contributed by atoms with Gasteiger partial charge in [0, 0.05) is 24.5 Å². The maximum Gasteiger partial charge on any atom is 0.411 e. The molecular weight excluding hydrogens is 402 g/mol. The number of halogens is 3. The van der Waals surface area contributed by atoms with Crippen LogP contribution in [0.25, 0.3) is 10.9 Å². The monoisotopic (exact) mass is 424 g/mol. The summed E-state index contributed by atoms with van der Waals surface area (Å²) in [6.07, 6.45) is 1.27. The highest BCUT2D eigenvalue weighted by Crippen LogP contribution is 2.42. The van der Waals surface area contributed by atoms with E-state index in [0.717, 1.165) is 18.9 Å². The van der Waals surface area contributed by atoms with Crippen molar-refractivity contribution in [3.8, 4) is 0 Å². The van der Waals surface area contributed by atoms with Crippen molar-refractivity contribution in [2.24, 2.45) is 0 Å². The largest absolute Gasteiger partial charge is 0.444 e.